The van der Waals surface area contributed by atoms with Crippen LogP contribution >= 0.6 is 0 Å². The van der Waals surface area contributed by atoms with E-state index < -0.39 is 0 Å². The third kappa shape index (κ3) is 5.14. The molecule has 29 heavy (non-hydrogen) atoms. The van der Waals surface area contributed by atoms with Crippen molar-refractivity contribution < 1.29 is 0 Å². The maximum absolute atomic E-state index is 2.56. The highest BCUT2D eigenvalue weighted by Crippen LogP contribution is 2.50. The van der Waals surface area contributed by atoms with E-state index in [0.717, 1.165) is 17.8 Å². The van der Waals surface area contributed by atoms with Crippen LogP contribution in [0.15, 0.2) is 60.2 Å². The normalized spacial score (nSPS) is 27.9. The van der Waals surface area contributed by atoms with Crippen LogP contribution in [-0.2, 0) is 0 Å². The highest BCUT2D eigenvalue weighted by molar-refractivity contribution is 5.28. The van der Waals surface area contributed by atoms with Gasteiger partial charge in [-0.1, -0.05) is 91.5 Å². The Labute approximate surface area is 179 Å². The second-order valence-electron chi connectivity index (χ2n) is 10.1. The van der Waals surface area contributed by atoms with E-state index >= 15 is 0 Å². The Morgan fingerprint density at radius 3 is 2.17 bits per heavy atom. The number of hydrogen-bond donors (Lipinski definition) is 0. The zero-order valence-corrected chi connectivity index (χ0v) is 18.7. The molecule has 1 fully saturated rings. The van der Waals surface area contributed by atoms with Crippen molar-refractivity contribution >= 4 is 0 Å². The minimum Gasteiger partial charge on any atom is -0.0853 e. The molecule has 0 aliphatic heterocycles. The predicted molar refractivity (Wildman–Crippen MR) is 126 cm³/mol. The molecule has 0 spiro atoms. The largest absolute Gasteiger partial charge is 0.0853 e. The molecule has 0 bridgehead atoms. The standard InChI is InChI=1S/C29H40/c1-22-14-18-26(19-15-22)28(24-10-6-3-4-7-11-24)29(25-12-8-5-9-13-25)27-20-16-23(2)17-21-27/h5,8-9,12,14-16,18-19,24-25,27-29H,3-4,6-7,10-11,13,17,20-21H2,1-2H3. The lowest BCUT2D eigenvalue weighted by molar-refractivity contribution is 0.152. The smallest absolute Gasteiger partial charge is 0.00968 e. The van der Waals surface area contributed by atoms with Crippen LogP contribution in [-0.4, -0.2) is 0 Å². The molecule has 156 valence electrons. The van der Waals surface area contributed by atoms with E-state index in [2.05, 4.69) is 68.5 Å². The number of allylic oxidation sites excluding steroid dienone is 6. The highest BCUT2D eigenvalue weighted by atomic mass is 14.4. The Morgan fingerprint density at radius 2 is 1.55 bits per heavy atom. The van der Waals surface area contributed by atoms with Crippen molar-refractivity contribution in [2.75, 3.05) is 0 Å². The first-order valence-electron chi connectivity index (χ1n) is 12.3. The fraction of sp³-hybridized carbons (Fsp3) is 0.586. The predicted octanol–water partition coefficient (Wildman–Crippen LogP) is 8.54. The number of rotatable bonds is 5. The van der Waals surface area contributed by atoms with E-state index in [9.17, 15) is 0 Å². The van der Waals surface area contributed by atoms with E-state index in [1.165, 1.54) is 69.8 Å². The fourth-order valence-corrected chi connectivity index (χ4v) is 6.40. The van der Waals surface area contributed by atoms with Crippen LogP contribution in [0.5, 0.6) is 0 Å². The van der Waals surface area contributed by atoms with Crippen LogP contribution < -0.4 is 0 Å². The van der Waals surface area contributed by atoms with Gasteiger partial charge in [0.15, 0.2) is 0 Å². The number of hydrogen-bond acceptors (Lipinski definition) is 0. The molecule has 1 aromatic rings. The molecular weight excluding hydrogens is 348 g/mol. The molecule has 0 heterocycles. The quantitative estimate of drug-likeness (QED) is 0.350. The molecule has 1 aromatic carbocycles. The Morgan fingerprint density at radius 1 is 0.793 bits per heavy atom. The molecule has 0 nitrogen and oxygen atoms in total. The van der Waals surface area contributed by atoms with Crippen LogP contribution in [0.1, 0.15) is 88.2 Å². The van der Waals surface area contributed by atoms with E-state index in [4.69, 9.17) is 0 Å². The monoisotopic (exact) mass is 388 g/mol. The average molecular weight is 389 g/mol. The fourth-order valence-electron chi connectivity index (χ4n) is 6.40. The second kappa shape index (κ2) is 9.96. The van der Waals surface area contributed by atoms with Gasteiger partial charge < -0.3 is 0 Å². The summed E-state index contributed by atoms with van der Waals surface area (Å²) in [6.07, 6.45) is 25.9. The molecule has 1 saturated carbocycles. The lowest BCUT2D eigenvalue weighted by Gasteiger charge is -2.43. The van der Waals surface area contributed by atoms with Gasteiger partial charge in [0, 0.05) is 0 Å². The maximum Gasteiger partial charge on any atom is -0.00968 e. The Bertz CT molecular complexity index is 724. The molecule has 0 aromatic heterocycles. The van der Waals surface area contributed by atoms with Gasteiger partial charge >= 0.3 is 0 Å². The summed E-state index contributed by atoms with van der Waals surface area (Å²) in [5.74, 6) is 3.87. The van der Waals surface area contributed by atoms with Gasteiger partial charge in [-0.25, -0.2) is 0 Å². The van der Waals surface area contributed by atoms with Crippen molar-refractivity contribution in [3.8, 4) is 0 Å². The van der Waals surface area contributed by atoms with Gasteiger partial charge in [0.25, 0.3) is 0 Å². The average Bonchev–Trinajstić information content (AvgIpc) is 3.04. The molecule has 4 unspecified atom stereocenters. The molecule has 0 N–H and O–H groups in total. The summed E-state index contributed by atoms with van der Waals surface area (Å²) >= 11 is 0. The Balaban J connectivity index is 1.72. The molecule has 0 radical (unpaired) electrons. The molecule has 4 rings (SSSR count). The van der Waals surface area contributed by atoms with Gasteiger partial charge in [-0.05, 0) is 87.5 Å². The number of benzene rings is 1. The van der Waals surface area contributed by atoms with E-state index in [1.807, 2.05) is 0 Å². The Kier molecular flexibility index (Phi) is 7.11. The van der Waals surface area contributed by atoms with Gasteiger partial charge in [-0.2, -0.15) is 0 Å². The summed E-state index contributed by atoms with van der Waals surface area (Å²) in [6, 6.07) is 9.67. The third-order valence-electron chi connectivity index (χ3n) is 8.02. The first-order chi connectivity index (χ1) is 14.2. The summed E-state index contributed by atoms with van der Waals surface area (Å²) in [5.41, 5.74) is 4.63. The van der Waals surface area contributed by atoms with Crippen LogP contribution in [0.4, 0.5) is 0 Å². The van der Waals surface area contributed by atoms with Gasteiger partial charge in [0.05, 0.1) is 0 Å². The van der Waals surface area contributed by atoms with E-state index in [-0.39, 0.29) is 0 Å². The first kappa shape index (κ1) is 20.7. The molecule has 4 atom stereocenters. The zero-order chi connectivity index (χ0) is 20.1. The van der Waals surface area contributed by atoms with Crippen molar-refractivity contribution in [3.63, 3.8) is 0 Å². The van der Waals surface area contributed by atoms with Crippen LogP contribution in [0, 0.1) is 30.6 Å². The summed E-state index contributed by atoms with van der Waals surface area (Å²) in [7, 11) is 0. The highest BCUT2D eigenvalue weighted by Gasteiger charge is 2.39. The lowest BCUT2D eigenvalue weighted by atomic mass is 9.61. The summed E-state index contributed by atoms with van der Waals surface area (Å²) in [6.45, 7) is 4.56. The van der Waals surface area contributed by atoms with Gasteiger partial charge in [0.2, 0.25) is 0 Å². The van der Waals surface area contributed by atoms with Crippen molar-refractivity contribution in [2.45, 2.75) is 84.0 Å². The SMILES string of the molecule is CC1=CCC(C(C2C=CC=CC2)C(c2ccc(C)cc2)C2CCCCCC2)CC1. The molecular formula is C29H40. The topological polar surface area (TPSA) is 0 Å². The Hall–Kier alpha value is -1.56. The van der Waals surface area contributed by atoms with E-state index in [0.29, 0.717) is 11.8 Å². The molecule has 3 aliphatic carbocycles. The number of aryl methyl sites for hydroxylation is 1. The molecule has 0 heteroatoms. The van der Waals surface area contributed by atoms with Gasteiger partial charge in [-0.3, -0.25) is 0 Å². The zero-order valence-electron chi connectivity index (χ0n) is 18.7. The second-order valence-corrected chi connectivity index (χ2v) is 10.1. The minimum absolute atomic E-state index is 0.700. The summed E-state index contributed by atoms with van der Waals surface area (Å²) < 4.78 is 0. The summed E-state index contributed by atoms with van der Waals surface area (Å²) in [5, 5.41) is 0. The van der Waals surface area contributed by atoms with Gasteiger partial charge in [0.1, 0.15) is 0 Å². The molecule has 0 amide bonds. The minimum atomic E-state index is 0.700. The van der Waals surface area contributed by atoms with Gasteiger partial charge in [-0.15, -0.1) is 0 Å². The summed E-state index contributed by atoms with van der Waals surface area (Å²) in [4.78, 5) is 0. The van der Waals surface area contributed by atoms with Crippen LogP contribution in [0.3, 0.4) is 0 Å². The van der Waals surface area contributed by atoms with Crippen molar-refractivity contribution in [2.24, 2.45) is 23.7 Å². The molecule has 0 saturated heterocycles. The first-order valence-corrected chi connectivity index (χ1v) is 12.3. The van der Waals surface area contributed by atoms with Crippen molar-refractivity contribution in [1.29, 1.82) is 0 Å². The van der Waals surface area contributed by atoms with Crippen molar-refractivity contribution in [3.05, 3.63) is 71.3 Å². The maximum atomic E-state index is 2.56. The molecule has 3 aliphatic rings. The lowest BCUT2D eigenvalue weighted by Crippen LogP contribution is -2.34. The van der Waals surface area contributed by atoms with E-state index in [1.54, 1.807) is 11.1 Å². The third-order valence-corrected chi connectivity index (χ3v) is 8.02. The van der Waals surface area contributed by atoms with Crippen LogP contribution in [0.25, 0.3) is 0 Å². The van der Waals surface area contributed by atoms with Crippen molar-refractivity contribution in [1.82, 2.24) is 0 Å². The van der Waals surface area contributed by atoms with Crippen LogP contribution in [0.2, 0.25) is 0 Å².